The van der Waals surface area contributed by atoms with Gasteiger partial charge in [-0.3, -0.25) is 9.59 Å². The molecule has 0 aliphatic heterocycles. The second-order valence-corrected chi connectivity index (χ2v) is 11.0. The van der Waals surface area contributed by atoms with E-state index in [-0.39, 0.29) is 16.7 Å². The molecule has 0 bridgehead atoms. The third-order valence-electron chi connectivity index (χ3n) is 8.39. The van der Waals surface area contributed by atoms with Gasteiger partial charge in [-0.25, -0.2) is 0 Å². The normalized spacial score (nSPS) is 50.6. The Hall–Kier alpha value is -0.190. The largest absolute Gasteiger partial charge is 0.300 e. The number of hydrogen-bond acceptors (Lipinski definition) is 2. The van der Waals surface area contributed by atoms with Crippen molar-refractivity contribution in [2.45, 2.75) is 69.6 Å². The molecule has 3 heteroatoms. The highest BCUT2D eigenvalue weighted by molar-refractivity contribution is 14.1. The van der Waals surface area contributed by atoms with E-state index in [1.165, 1.54) is 31.3 Å². The molecule has 0 aromatic carbocycles. The van der Waals surface area contributed by atoms with Gasteiger partial charge in [0.2, 0.25) is 0 Å². The van der Waals surface area contributed by atoms with E-state index in [1.807, 2.05) is 13.0 Å². The number of alkyl halides is 1. The van der Waals surface area contributed by atoms with Gasteiger partial charge in [0, 0.05) is 16.3 Å². The summed E-state index contributed by atoms with van der Waals surface area (Å²) in [5, 5.41) is 0. The minimum atomic E-state index is 0.209. The number of hydrogen-bond donors (Lipinski definition) is 0. The number of carbonyl (C=O) groups is 2. The van der Waals surface area contributed by atoms with Crippen LogP contribution in [0.1, 0.15) is 65.7 Å². The quantitative estimate of drug-likeness (QED) is 0.418. The van der Waals surface area contributed by atoms with E-state index in [0.717, 1.165) is 31.1 Å². The maximum absolute atomic E-state index is 12.4. The maximum Gasteiger partial charge on any atom is 0.155 e. The third kappa shape index (κ3) is 2.25. The van der Waals surface area contributed by atoms with Crippen LogP contribution in [0.2, 0.25) is 0 Å². The van der Waals surface area contributed by atoms with Crippen molar-refractivity contribution in [1.82, 2.24) is 0 Å². The molecule has 0 radical (unpaired) electrons. The minimum Gasteiger partial charge on any atom is -0.300 e. The van der Waals surface area contributed by atoms with Crippen LogP contribution in [0.4, 0.5) is 0 Å². The fraction of sp³-hybridized carbons (Fsp3) is 0.810. The molecule has 132 valence electrons. The molecule has 4 aliphatic rings. The lowest BCUT2D eigenvalue weighted by Crippen LogP contribution is -2.51. The van der Waals surface area contributed by atoms with Crippen molar-refractivity contribution < 1.29 is 9.59 Å². The summed E-state index contributed by atoms with van der Waals surface area (Å²) in [4.78, 5) is 24.3. The Bertz CT molecular complexity index is 623. The van der Waals surface area contributed by atoms with Gasteiger partial charge in [0.05, 0.1) is 0 Å². The lowest BCUT2D eigenvalue weighted by atomic mass is 9.47. The van der Waals surface area contributed by atoms with Crippen LogP contribution in [0.15, 0.2) is 11.6 Å². The van der Waals surface area contributed by atoms with E-state index in [0.29, 0.717) is 21.4 Å². The van der Waals surface area contributed by atoms with E-state index in [4.69, 9.17) is 0 Å². The maximum atomic E-state index is 12.4. The molecule has 0 aromatic heterocycles. The number of fused-ring (bicyclic) bond motifs is 5. The number of halogens is 1. The fourth-order valence-electron chi connectivity index (χ4n) is 7.25. The molecule has 7 atom stereocenters. The average Bonchev–Trinajstić information content (AvgIpc) is 2.78. The van der Waals surface area contributed by atoms with Crippen LogP contribution in [-0.2, 0) is 9.59 Å². The van der Waals surface area contributed by atoms with Crippen LogP contribution >= 0.6 is 22.6 Å². The van der Waals surface area contributed by atoms with Crippen molar-refractivity contribution in [3.8, 4) is 0 Å². The van der Waals surface area contributed by atoms with Gasteiger partial charge < -0.3 is 0 Å². The first-order chi connectivity index (χ1) is 11.3. The summed E-state index contributed by atoms with van der Waals surface area (Å²) in [7, 11) is 0. The van der Waals surface area contributed by atoms with E-state index in [1.54, 1.807) is 0 Å². The van der Waals surface area contributed by atoms with E-state index in [9.17, 15) is 9.59 Å². The highest BCUT2D eigenvalue weighted by Gasteiger charge is 2.61. The summed E-state index contributed by atoms with van der Waals surface area (Å²) in [5.41, 5.74) is 1.89. The zero-order valence-corrected chi connectivity index (χ0v) is 17.3. The number of allylic oxidation sites excluding steroid dienone is 1. The molecular weight excluding hydrogens is 411 g/mol. The molecule has 4 rings (SSSR count). The van der Waals surface area contributed by atoms with Gasteiger partial charge in [-0.1, -0.05) is 42.0 Å². The standard InChI is InChI=1S/C21H29IO2/c1-12(23)19-18(22)11-17-15-5-4-13-10-14(24)6-8-20(13,2)16(15)7-9-21(17,19)3/h10,15-19H,4-9,11H2,1-3H3/t15-,16+,17+,18?,19+,20+,21+/m1/s1. The van der Waals surface area contributed by atoms with Gasteiger partial charge in [-0.2, -0.15) is 0 Å². The Morgan fingerprint density at radius 2 is 1.92 bits per heavy atom. The molecule has 3 fully saturated rings. The summed E-state index contributed by atoms with van der Waals surface area (Å²) in [5.74, 6) is 3.17. The molecule has 0 heterocycles. The smallest absolute Gasteiger partial charge is 0.155 e. The zero-order valence-electron chi connectivity index (χ0n) is 15.1. The second-order valence-electron chi connectivity index (χ2n) is 9.35. The summed E-state index contributed by atoms with van der Waals surface area (Å²) in [6.45, 7) is 6.66. The fourth-order valence-corrected chi connectivity index (χ4v) is 9.12. The topological polar surface area (TPSA) is 34.1 Å². The lowest BCUT2D eigenvalue weighted by molar-refractivity contribution is -0.128. The SMILES string of the molecule is CC(=O)[C@H]1C(I)C[C@H]2[C@@H]3CCC4=CC(=O)CC[C@]4(C)[C@H]3CC[C@]12C. The summed E-state index contributed by atoms with van der Waals surface area (Å²) < 4.78 is 0.506. The number of Topliss-reactive ketones (excluding diaryl/α,β-unsaturated/α-hetero) is 1. The van der Waals surface area contributed by atoms with Crippen LogP contribution in [-0.4, -0.2) is 15.5 Å². The van der Waals surface area contributed by atoms with Crippen LogP contribution < -0.4 is 0 Å². The van der Waals surface area contributed by atoms with Crippen LogP contribution in [0, 0.1) is 34.5 Å². The Kier molecular flexibility index (Phi) is 4.06. The van der Waals surface area contributed by atoms with Crippen molar-refractivity contribution in [1.29, 1.82) is 0 Å². The Balaban J connectivity index is 1.69. The predicted octanol–water partition coefficient (Wildman–Crippen LogP) is 5.14. The molecule has 0 amide bonds. The molecular formula is C21H29IO2. The molecule has 0 spiro atoms. The van der Waals surface area contributed by atoms with Gasteiger partial charge >= 0.3 is 0 Å². The van der Waals surface area contributed by atoms with Gasteiger partial charge in [0.15, 0.2) is 5.78 Å². The van der Waals surface area contributed by atoms with Crippen LogP contribution in [0.25, 0.3) is 0 Å². The van der Waals surface area contributed by atoms with Crippen molar-refractivity contribution in [2.75, 3.05) is 0 Å². The van der Waals surface area contributed by atoms with Crippen molar-refractivity contribution in [3.05, 3.63) is 11.6 Å². The Labute approximate surface area is 159 Å². The van der Waals surface area contributed by atoms with Crippen molar-refractivity contribution in [2.24, 2.45) is 34.5 Å². The Morgan fingerprint density at radius 1 is 1.17 bits per heavy atom. The van der Waals surface area contributed by atoms with Crippen molar-refractivity contribution in [3.63, 3.8) is 0 Å². The summed E-state index contributed by atoms with van der Waals surface area (Å²) >= 11 is 2.55. The summed E-state index contributed by atoms with van der Waals surface area (Å²) in [6, 6.07) is 0. The number of carbonyl (C=O) groups excluding carboxylic acids is 2. The molecule has 0 saturated heterocycles. The van der Waals surface area contributed by atoms with Gasteiger partial charge in [-0.15, -0.1) is 0 Å². The molecule has 2 nitrogen and oxygen atoms in total. The highest BCUT2D eigenvalue weighted by Crippen LogP contribution is 2.67. The molecule has 3 saturated carbocycles. The summed E-state index contributed by atoms with van der Waals surface area (Å²) in [6.07, 6.45) is 9.76. The highest BCUT2D eigenvalue weighted by atomic mass is 127. The predicted molar refractivity (Wildman–Crippen MR) is 104 cm³/mol. The van der Waals surface area contributed by atoms with E-state index < -0.39 is 0 Å². The van der Waals surface area contributed by atoms with E-state index in [2.05, 4.69) is 36.4 Å². The zero-order chi connectivity index (χ0) is 17.3. The number of rotatable bonds is 1. The monoisotopic (exact) mass is 440 g/mol. The first kappa shape index (κ1) is 17.2. The van der Waals surface area contributed by atoms with Crippen LogP contribution in [0.3, 0.4) is 0 Å². The molecule has 1 unspecified atom stereocenters. The first-order valence-corrected chi connectivity index (χ1v) is 10.9. The molecule has 0 aromatic rings. The van der Waals surface area contributed by atoms with Gasteiger partial charge in [0.25, 0.3) is 0 Å². The molecule has 0 N–H and O–H groups in total. The minimum absolute atomic E-state index is 0.209. The number of ketones is 2. The average molecular weight is 440 g/mol. The van der Waals surface area contributed by atoms with Crippen LogP contribution in [0.5, 0.6) is 0 Å². The second kappa shape index (κ2) is 5.65. The van der Waals surface area contributed by atoms with Crippen molar-refractivity contribution >= 4 is 34.2 Å². The van der Waals surface area contributed by atoms with E-state index >= 15 is 0 Å². The molecule has 24 heavy (non-hydrogen) atoms. The van der Waals surface area contributed by atoms with Gasteiger partial charge in [0.1, 0.15) is 5.78 Å². The van der Waals surface area contributed by atoms with Gasteiger partial charge in [-0.05, 0) is 80.1 Å². The first-order valence-electron chi connectivity index (χ1n) is 9.66. The third-order valence-corrected chi connectivity index (χ3v) is 9.62. The Morgan fingerprint density at radius 3 is 2.62 bits per heavy atom. The molecule has 4 aliphatic carbocycles. The lowest BCUT2D eigenvalue weighted by Gasteiger charge is -2.58.